The molecule has 140 valence electrons. The van der Waals surface area contributed by atoms with Crippen LogP contribution in [-0.4, -0.2) is 25.3 Å². The minimum atomic E-state index is -0.155. The fourth-order valence-electron chi connectivity index (χ4n) is 2.86. The molecular weight excluding hydrogens is 408 g/mol. The lowest BCUT2D eigenvalue weighted by atomic mass is 10.1. The van der Waals surface area contributed by atoms with E-state index in [0.717, 1.165) is 21.3 Å². The van der Waals surface area contributed by atoms with Gasteiger partial charge in [-0.2, -0.15) is 10.1 Å². The first kappa shape index (κ1) is 19.2. The van der Waals surface area contributed by atoms with E-state index in [-0.39, 0.29) is 5.91 Å². The van der Waals surface area contributed by atoms with E-state index in [9.17, 15) is 4.79 Å². The standard InChI is InChI=1S/C21H21BrN2O3/c1-5-27-20-12-18(22)15(11-19(20)26-4)10-17-14(3)23-24(21(17)25)16-8-6-7-13(2)9-16/h6-12H,5H2,1-4H3/b17-10-. The monoisotopic (exact) mass is 428 g/mol. The molecule has 0 N–H and O–H groups in total. The summed E-state index contributed by atoms with van der Waals surface area (Å²) in [5.74, 6) is 1.11. The normalized spacial score (nSPS) is 15.3. The lowest BCUT2D eigenvalue weighted by Gasteiger charge is -2.13. The van der Waals surface area contributed by atoms with Crippen molar-refractivity contribution < 1.29 is 14.3 Å². The van der Waals surface area contributed by atoms with Crippen LogP contribution in [0.5, 0.6) is 11.5 Å². The van der Waals surface area contributed by atoms with Gasteiger partial charge in [0.25, 0.3) is 5.91 Å². The molecule has 6 heteroatoms. The Morgan fingerprint density at radius 2 is 1.96 bits per heavy atom. The smallest absolute Gasteiger partial charge is 0.280 e. The van der Waals surface area contributed by atoms with Crippen molar-refractivity contribution in [2.24, 2.45) is 5.10 Å². The Morgan fingerprint density at radius 3 is 2.63 bits per heavy atom. The van der Waals surface area contributed by atoms with Crippen molar-refractivity contribution in [3.8, 4) is 11.5 Å². The molecule has 5 nitrogen and oxygen atoms in total. The second-order valence-corrected chi connectivity index (χ2v) is 7.01. The van der Waals surface area contributed by atoms with Crippen LogP contribution in [0.1, 0.15) is 25.0 Å². The summed E-state index contributed by atoms with van der Waals surface area (Å²) in [5.41, 5.74) is 3.86. The first-order chi connectivity index (χ1) is 12.9. The minimum absolute atomic E-state index is 0.155. The number of methoxy groups -OCH3 is 1. The van der Waals surface area contributed by atoms with Crippen molar-refractivity contribution in [1.82, 2.24) is 0 Å². The zero-order valence-electron chi connectivity index (χ0n) is 15.7. The highest BCUT2D eigenvalue weighted by atomic mass is 79.9. The third-order valence-corrected chi connectivity index (χ3v) is 4.88. The van der Waals surface area contributed by atoms with Crippen molar-refractivity contribution in [3.63, 3.8) is 0 Å². The lowest BCUT2D eigenvalue weighted by Crippen LogP contribution is -2.21. The molecule has 0 saturated heterocycles. The van der Waals surface area contributed by atoms with Crippen LogP contribution >= 0.6 is 15.9 Å². The summed E-state index contributed by atoms with van der Waals surface area (Å²) in [6.07, 6.45) is 1.82. The summed E-state index contributed by atoms with van der Waals surface area (Å²) in [5, 5.41) is 5.88. The summed E-state index contributed by atoms with van der Waals surface area (Å²) in [6.45, 7) is 6.28. The van der Waals surface area contributed by atoms with Gasteiger partial charge in [0.05, 0.1) is 30.7 Å². The van der Waals surface area contributed by atoms with Crippen LogP contribution in [0.25, 0.3) is 6.08 Å². The number of hydrogen-bond donors (Lipinski definition) is 0. The SMILES string of the molecule is CCOc1cc(Br)c(/C=C2\C(=O)N(c3cccc(C)c3)N=C2C)cc1OC. The molecule has 1 aliphatic heterocycles. The van der Waals surface area contributed by atoms with Crippen LogP contribution in [-0.2, 0) is 4.79 Å². The van der Waals surface area contributed by atoms with Crippen LogP contribution in [0.15, 0.2) is 51.5 Å². The Hall–Kier alpha value is -2.60. The molecule has 0 spiro atoms. The highest BCUT2D eigenvalue weighted by molar-refractivity contribution is 9.10. The Bertz CT molecular complexity index is 950. The van der Waals surface area contributed by atoms with Crippen molar-refractivity contribution in [2.45, 2.75) is 20.8 Å². The Balaban J connectivity index is 1.98. The van der Waals surface area contributed by atoms with Crippen LogP contribution in [0.2, 0.25) is 0 Å². The third kappa shape index (κ3) is 3.90. The third-order valence-electron chi connectivity index (χ3n) is 4.19. The predicted molar refractivity (Wildman–Crippen MR) is 112 cm³/mol. The van der Waals surface area contributed by atoms with Gasteiger partial charge in [-0.1, -0.05) is 28.1 Å². The topological polar surface area (TPSA) is 51.1 Å². The molecule has 0 bridgehead atoms. The minimum Gasteiger partial charge on any atom is -0.493 e. The lowest BCUT2D eigenvalue weighted by molar-refractivity contribution is -0.114. The number of carbonyl (C=O) groups excluding carboxylic acids is 1. The number of anilines is 1. The Morgan fingerprint density at radius 1 is 1.19 bits per heavy atom. The van der Waals surface area contributed by atoms with Crippen molar-refractivity contribution in [2.75, 3.05) is 18.7 Å². The molecule has 0 atom stereocenters. The molecule has 2 aromatic rings. The van der Waals surface area contributed by atoms with Gasteiger partial charge >= 0.3 is 0 Å². The molecule has 0 aromatic heterocycles. The van der Waals surface area contributed by atoms with Gasteiger partial charge in [0.2, 0.25) is 0 Å². The van der Waals surface area contributed by atoms with Crippen LogP contribution in [0.4, 0.5) is 5.69 Å². The molecule has 0 fully saturated rings. The number of ether oxygens (including phenoxy) is 2. The maximum absolute atomic E-state index is 12.9. The predicted octanol–water partition coefficient (Wildman–Crippen LogP) is 4.97. The quantitative estimate of drug-likeness (QED) is 0.631. The first-order valence-electron chi connectivity index (χ1n) is 8.63. The summed E-state index contributed by atoms with van der Waals surface area (Å²) in [6, 6.07) is 11.4. The van der Waals surface area contributed by atoms with E-state index < -0.39 is 0 Å². The summed E-state index contributed by atoms with van der Waals surface area (Å²) >= 11 is 3.55. The van der Waals surface area contributed by atoms with Gasteiger partial charge in [0.15, 0.2) is 11.5 Å². The Labute approximate surface area is 167 Å². The van der Waals surface area contributed by atoms with Crippen LogP contribution in [0, 0.1) is 6.92 Å². The molecule has 1 amide bonds. The fourth-order valence-corrected chi connectivity index (χ4v) is 3.30. The maximum atomic E-state index is 12.9. The molecule has 2 aromatic carbocycles. The number of amides is 1. The van der Waals surface area contributed by atoms with Gasteiger partial charge in [0.1, 0.15) is 0 Å². The van der Waals surface area contributed by atoms with E-state index in [1.807, 2.05) is 63.2 Å². The van der Waals surface area contributed by atoms with E-state index in [0.29, 0.717) is 29.4 Å². The van der Waals surface area contributed by atoms with Crippen molar-refractivity contribution >= 4 is 39.3 Å². The second kappa shape index (κ2) is 7.96. The molecule has 0 aliphatic carbocycles. The van der Waals surface area contributed by atoms with Gasteiger partial charge in [-0.3, -0.25) is 4.79 Å². The van der Waals surface area contributed by atoms with E-state index in [1.165, 1.54) is 5.01 Å². The number of rotatable bonds is 5. The molecule has 27 heavy (non-hydrogen) atoms. The van der Waals surface area contributed by atoms with E-state index in [2.05, 4.69) is 21.0 Å². The van der Waals surface area contributed by atoms with Gasteiger partial charge < -0.3 is 9.47 Å². The van der Waals surface area contributed by atoms with Crippen LogP contribution in [0.3, 0.4) is 0 Å². The number of nitrogens with zero attached hydrogens (tertiary/aromatic N) is 2. The number of aryl methyl sites for hydroxylation is 1. The first-order valence-corrected chi connectivity index (χ1v) is 9.42. The van der Waals surface area contributed by atoms with E-state index in [4.69, 9.17) is 9.47 Å². The van der Waals surface area contributed by atoms with Gasteiger partial charge in [0, 0.05) is 4.47 Å². The highest BCUT2D eigenvalue weighted by Crippen LogP contribution is 2.35. The average molecular weight is 429 g/mol. The molecule has 0 saturated carbocycles. The maximum Gasteiger partial charge on any atom is 0.280 e. The number of halogens is 1. The van der Waals surface area contributed by atoms with Crippen molar-refractivity contribution in [3.05, 3.63) is 57.6 Å². The molecular formula is C21H21BrN2O3. The molecule has 0 unspecified atom stereocenters. The molecule has 1 aliphatic rings. The summed E-state index contributed by atoms with van der Waals surface area (Å²) in [4.78, 5) is 12.9. The van der Waals surface area contributed by atoms with E-state index in [1.54, 1.807) is 7.11 Å². The second-order valence-electron chi connectivity index (χ2n) is 6.16. The van der Waals surface area contributed by atoms with E-state index >= 15 is 0 Å². The number of benzene rings is 2. The summed E-state index contributed by atoms with van der Waals surface area (Å²) in [7, 11) is 1.59. The zero-order valence-corrected chi connectivity index (χ0v) is 17.3. The summed E-state index contributed by atoms with van der Waals surface area (Å²) < 4.78 is 11.8. The molecule has 1 heterocycles. The zero-order chi connectivity index (χ0) is 19.6. The average Bonchev–Trinajstić information content (AvgIpc) is 2.92. The van der Waals surface area contributed by atoms with Gasteiger partial charge in [-0.05, 0) is 62.2 Å². The fraction of sp³-hybridized carbons (Fsp3) is 0.238. The van der Waals surface area contributed by atoms with Crippen molar-refractivity contribution in [1.29, 1.82) is 0 Å². The number of hydrazone groups is 1. The highest BCUT2D eigenvalue weighted by Gasteiger charge is 2.29. The largest absolute Gasteiger partial charge is 0.493 e. The Kier molecular flexibility index (Phi) is 5.65. The number of hydrogen-bond acceptors (Lipinski definition) is 4. The van der Waals surface area contributed by atoms with Gasteiger partial charge in [-0.25, -0.2) is 0 Å². The molecule has 0 radical (unpaired) electrons. The number of carbonyl (C=O) groups is 1. The molecule has 3 rings (SSSR count). The van der Waals surface area contributed by atoms with Gasteiger partial charge in [-0.15, -0.1) is 0 Å². The van der Waals surface area contributed by atoms with Crippen LogP contribution < -0.4 is 14.5 Å².